The molecule has 18 heavy (non-hydrogen) atoms. The fraction of sp³-hybridized carbons (Fsp3) is 0.533. The Labute approximate surface area is 108 Å². The maximum atomic E-state index is 12.3. The van der Waals surface area contributed by atoms with Gasteiger partial charge in [0, 0.05) is 0 Å². The van der Waals surface area contributed by atoms with Crippen molar-refractivity contribution in [2.75, 3.05) is 6.61 Å². The first-order valence-electron chi connectivity index (χ1n) is 6.63. The Morgan fingerprint density at radius 3 is 2.50 bits per heavy atom. The molecule has 0 spiro atoms. The van der Waals surface area contributed by atoms with Crippen molar-refractivity contribution < 1.29 is 9.63 Å². The Morgan fingerprint density at radius 2 is 2.00 bits per heavy atom. The second kappa shape index (κ2) is 5.53. The van der Waals surface area contributed by atoms with Gasteiger partial charge >= 0.3 is 0 Å². The highest BCUT2D eigenvalue weighted by molar-refractivity contribution is 5.88. The standard InChI is InChI=1S/C15H21NO2/c1-12(2)11-18-16-14(17)15(9-6-10-15)13-7-4-3-5-8-13/h3-5,7-8,12H,6,9-11H2,1-2H3,(H,16,17). The van der Waals surface area contributed by atoms with E-state index in [9.17, 15) is 4.79 Å². The van der Waals surface area contributed by atoms with Gasteiger partial charge in [0.05, 0.1) is 12.0 Å². The number of benzene rings is 1. The molecule has 0 aliphatic heterocycles. The van der Waals surface area contributed by atoms with Crippen LogP contribution in [0.25, 0.3) is 0 Å². The molecule has 1 aliphatic rings. The first-order valence-corrected chi connectivity index (χ1v) is 6.63. The number of hydrogen-bond donors (Lipinski definition) is 1. The lowest BCUT2D eigenvalue weighted by Gasteiger charge is -2.40. The Morgan fingerprint density at radius 1 is 1.33 bits per heavy atom. The van der Waals surface area contributed by atoms with Gasteiger partial charge in [-0.05, 0) is 24.3 Å². The van der Waals surface area contributed by atoms with E-state index in [1.807, 2.05) is 30.3 Å². The summed E-state index contributed by atoms with van der Waals surface area (Å²) in [5, 5.41) is 0. The van der Waals surface area contributed by atoms with Gasteiger partial charge in [-0.15, -0.1) is 0 Å². The van der Waals surface area contributed by atoms with Gasteiger partial charge in [-0.2, -0.15) is 0 Å². The fourth-order valence-electron chi connectivity index (χ4n) is 2.31. The zero-order valence-corrected chi connectivity index (χ0v) is 11.1. The lowest BCUT2D eigenvalue weighted by atomic mass is 9.64. The maximum absolute atomic E-state index is 12.3. The van der Waals surface area contributed by atoms with Crippen molar-refractivity contribution in [3.05, 3.63) is 35.9 Å². The van der Waals surface area contributed by atoms with E-state index in [4.69, 9.17) is 4.84 Å². The number of rotatable bonds is 5. The number of hydrogen-bond acceptors (Lipinski definition) is 2. The van der Waals surface area contributed by atoms with Crippen LogP contribution in [0.1, 0.15) is 38.7 Å². The molecule has 2 rings (SSSR count). The van der Waals surface area contributed by atoms with Crippen molar-refractivity contribution in [3.8, 4) is 0 Å². The van der Waals surface area contributed by atoms with Crippen molar-refractivity contribution in [2.45, 2.75) is 38.5 Å². The molecule has 1 aromatic carbocycles. The molecule has 0 aromatic heterocycles. The van der Waals surface area contributed by atoms with Crippen LogP contribution in [0.2, 0.25) is 0 Å². The fourth-order valence-corrected chi connectivity index (χ4v) is 2.31. The monoisotopic (exact) mass is 247 g/mol. The van der Waals surface area contributed by atoms with Crippen LogP contribution in [0.3, 0.4) is 0 Å². The molecular formula is C15H21NO2. The van der Waals surface area contributed by atoms with Crippen molar-refractivity contribution >= 4 is 5.91 Å². The van der Waals surface area contributed by atoms with Gasteiger partial charge < -0.3 is 0 Å². The van der Waals surface area contributed by atoms with E-state index in [-0.39, 0.29) is 11.3 Å². The number of carbonyl (C=O) groups excluding carboxylic acids is 1. The molecule has 3 heteroatoms. The summed E-state index contributed by atoms with van der Waals surface area (Å²) in [7, 11) is 0. The summed E-state index contributed by atoms with van der Waals surface area (Å²) in [6.07, 6.45) is 2.92. The third kappa shape index (κ3) is 2.56. The minimum absolute atomic E-state index is 0.000556. The summed E-state index contributed by atoms with van der Waals surface area (Å²) in [5.41, 5.74) is 3.35. The van der Waals surface area contributed by atoms with E-state index in [1.54, 1.807) is 0 Å². The second-order valence-electron chi connectivity index (χ2n) is 5.44. The third-order valence-electron chi connectivity index (χ3n) is 3.55. The molecule has 1 fully saturated rings. The van der Waals surface area contributed by atoms with Crippen LogP contribution in [0.5, 0.6) is 0 Å². The van der Waals surface area contributed by atoms with Crippen molar-refractivity contribution in [3.63, 3.8) is 0 Å². The van der Waals surface area contributed by atoms with E-state index in [2.05, 4.69) is 19.3 Å². The Balaban J connectivity index is 2.02. The molecule has 0 heterocycles. The highest BCUT2D eigenvalue weighted by atomic mass is 16.7. The van der Waals surface area contributed by atoms with Gasteiger partial charge in [-0.25, -0.2) is 5.48 Å². The summed E-state index contributed by atoms with van der Waals surface area (Å²) in [6, 6.07) is 10.0. The number of nitrogens with one attached hydrogen (secondary N) is 1. The summed E-state index contributed by atoms with van der Waals surface area (Å²) in [4.78, 5) is 17.6. The van der Waals surface area contributed by atoms with Crippen molar-refractivity contribution in [2.24, 2.45) is 5.92 Å². The molecule has 0 unspecified atom stereocenters. The van der Waals surface area contributed by atoms with E-state index in [0.717, 1.165) is 24.8 Å². The number of amides is 1. The molecule has 98 valence electrons. The average Bonchev–Trinajstić information content (AvgIpc) is 2.28. The molecule has 0 saturated heterocycles. The summed E-state index contributed by atoms with van der Waals surface area (Å²) < 4.78 is 0. The molecule has 1 aromatic rings. The summed E-state index contributed by atoms with van der Waals surface area (Å²) in [5.74, 6) is 0.417. The van der Waals surface area contributed by atoms with Gasteiger partial charge in [-0.3, -0.25) is 9.63 Å². The summed E-state index contributed by atoms with van der Waals surface area (Å²) >= 11 is 0. The van der Waals surface area contributed by atoms with Crippen LogP contribution in [-0.4, -0.2) is 12.5 Å². The van der Waals surface area contributed by atoms with Crippen LogP contribution < -0.4 is 5.48 Å². The molecule has 0 bridgehead atoms. The molecule has 3 nitrogen and oxygen atoms in total. The van der Waals surface area contributed by atoms with Crippen LogP contribution >= 0.6 is 0 Å². The van der Waals surface area contributed by atoms with E-state index in [0.29, 0.717) is 12.5 Å². The van der Waals surface area contributed by atoms with E-state index < -0.39 is 0 Å². The van der Waals surface area contributed by atoms with Crippen LogP contribution in [0, 0.1) is 5.92 Å². The van der Waals surface area contributed by atoms with Crippen LogP contribution in [-0.2, 0) is 15.0 Å². The Kier molecular flexibility index (Phi) is 4.02. The predicted molar refractivity (Wildman–Crippen MR) is 70.9 cm³/mol. The van der Waals surface area contributed by atoms with Gasteiger partial charge in [0.1, 0.15) is 0 Å². The number of carbonyl (C=O) groups is 1. The zero-order chi connectivity index (χ0) is 13.0. The lowest BCUT2D eigenvalue weighted by Crippen LogP contribution is -2.49. The molecule has 1 amide bonds. The number of hydroxylamine groups is 1. The lowest BCUT2D eigenvalue weighted by molar-refractivity contribution is -0.143. The minimum atomic E-state index is -0.363. The maximum Gasteiger partial charge on any atom is 0.254 e. The molecule has 1 N–H and O–H groups in total. The van der Waals surface area contributed by atoms with Crippen molar-refractivity contribution in [1.29, 1.82) is 0 Å². The minimum Gasteiger partial charge on any atom is -0.273 e. The SMILES string of the molecule is CC(C)CONC(=O)C1(c2ccccc2)CCC1. The topological polar surface area (TPSA) is 38.3 Å². The third-order valence-corrected chi connectivity index (χ3v) is 3.55. The molecular weight excluding hydrogens is 226 g/mol. The van der Waals surface area contributed by atoms with Gasteiger partial charge in [0.15, 0.2) is 0 Å². The second-order valence-corrected chi connectivity index (χ2v) is 5.44. The smallest absolute Gasteiger partial charge is 0.254 e. The first kappa shape index (κ1) is 13.1. The largest absolute Gasteiger partial charge is 0.273 e. The Bertz CT molecular complexity index is 396. The highest BCUT2D eigenvalue weighted by Gasteiger charge is 2.45. The van der Waals surface area contributed by atoms with Gasteiger partial charge in [0.2, 0.25) is 0 Å². The van der Waals surface area contributed by atoms with Crippen LogP contribution in [0.15, 0.2) is 30.3 Å². The summed E-state index contributed by atoms with van der Waals surface area (Å²) in [6.45, 7) is 4.67. The zero-order valence-electron chi connectivity index (χ0n) is 11.1. The average molecular weight is 247 g/mol. The molecule has 0 radical (unpaired) electrons. The normalized spacial score (nSPS) is 17.3. The van der Waals surface area contributed by atoms with Crippen molar-refractivity contribution in [1.82, 2.24) is 5.48 Å². The van der Waals surface area contributed by atoms with Gasteiger partial charge in [-0.1, -0.05) is 50.6 Å². The molecule has 0 atom stereocenters. The van der Waals surface area contributed by atoms with E-state index >= 15 is 0 Å². The molecule has 1 aliphatic carbocycles. The van der Waals surface area contributed by atoms with E-state index in [1.165, 1.54) is 0 Å². The first-order chi connectivity index (χ1) is 8.65. The Hall–Kier alpha value is -1.35. The molecule has 1 saturated carbocycles. The van der Waals surface area contributed by atoms with Crippen LogP contribution in [0.4, 0.5) is 0 Å². The van der Waals surface area contributed by atoms with Gasteiger partial charge in [0.25, 0.3) is 5.91 Å². The predicted octanol–water partition coefficient (Wildman–Crippen LogP) is 2.81. The highest BCUT2D eigenvalue weighted by Crippen LogP contribution is 2.43. The quantitative estimate of drug-likeness (QED) is 0.812.